The van der Waals surface area contributed by atoms with Gasteiger partial charge in [-0.3, -0.25) is 9.59 Å². The number of carbonyl (C=O) groups excluding carboxylic acids is 2. The van der Waals surface area contributed by atoms with Gasteiger partial charge < -0.3 is 9.84 Å². The second-order valence-corrected chi connectivity index (χ2v) is 5.96. The molecule has 1 N–H and O–H groups in total. The van der Waals surface area contributed by atoms with Crippen molar-refractivity contribution in [2.24, 2.45) is 17.8 Å². The highest BCUT2D eigenvalue weighted by molar-refractivity contribution is 6.09. The summed E-state index contributed by atoms with van der Waals surface area (Å²) in [6.45, 7) is 5.59. The number of fused-ring (bicyclic) bond motifs is 3. The van der Waals surface area contributed by atoms with Crippen molar-refractivity contribution in [1.29, 1.82) is 0 Å². The molecular weight excluding hydrogens is 244 g/mol. The van der Waals surface area contributed by atoms with E-state index in [1.54, 1.807) is 13.0 Å². The lowest BCUT2D eigenvalue weighted by Crippen LogP contribution is -2.35. The first-order chi connectivity index (χ1) is 8.91. The van der Waals surface area contributed by atoms with Gasteiger partial charge in [0.2, 0.25) is 0 Å². The molecule has 1 fully saturated rings. The third kappa shape index (κ3) is 1.62. The summed E-state index contributed by atoms with van der Waals surface area (Å²) in [5, 5.41) is 10.3. The molecule has 19 heavy (non-hydrogen) atoms. The monoisotopic (exact) mass is 262 g/mol. The fourth-order valence-corrected chi connectivity index (χ4v) is 3.82. The van der Waals surface area contributed by atoms with Crippen LogP contribution in [-0.4, -0.2) is 29.1 Å². The number of hydrogen-bond donors (Lipinski definition) is 1. The van der Waals surface area contributed by atoms with Gasteiger partial charge in [-0.2, -0.15) is 0 Å². The first-order valence-electron chi connectivity index (χ1n) is 6.72. The van der Waals surface area contributed by atoms with E-state index in [-0.39, 0.29) is 29.5 Å². The average molecular weight is 262 g/mol. The summed E-state index contributed by atoms with van der Waals surface area (Å²) in [6.07, 6.45) is 1.06. The molecule has 0 spiro atoms. The molecule has 0 radical (unpaired) electrons. The van der Waals surface area contributed by atoms with Crippen LogP contribution in [-0.2, 0) is 14.3 Å². The van der Waals surface area contributed by atoms with Crippen molar-refractivity contribution in [3.05, 3.63) is 22.8 Å². The smallest absolute Gasteiger partial charge is 0.309 e. The van der Waals surface area contributed by atoms with Crippen molar-refractivity contribution in [3.63, 3.8) is 0 Å². The summed E-state index contributed by atoms with van der Waals surface area (Å²) in [6, 6.07) is 0. The summed E-state index contributed by atoms with van der Waals surface area (Å²) in [5.74, 6) is -0.957. The van der Waals surface area contributed by atoms with Crippen LogP contribution in [0.4, 0.5) is 0 Å². The molecule has 0 aromatic heterocycles. The van der Waals surface area contributed by atoms with Crippen LogP contribution in [0.5, 0.6) is 0 Å². The summed E-state index contributed by atoms with van der Waals surface area (Å²) in [7, 11) is 0. The fraction of sp³-hybridized carbons (Fsp3) is 0.600. The Balaban J connectivity index is 2.11. The number of ketones is 1. The Bertz CT molecular complexity index is 528. The average Bonchev–Trinajstić information content (AvgIpc) is 2.72. The van der Waals surface area contributed by atoms with Crippen molar-refractivity contribution >= 4 is 11.8 Å². The van der Waals surface area contributed by atoms with Gasteiger partial charge in [0.25, 0.3) is 0 Å². The largest absolute Gasteiger partial charge is 0.461 e. The van der Waals surface area contributed by atoms with Crippen LogP contribution in [0.2, 0.25) is 0 Å². The van der Waals surface area contributed by atoms with E-state index in [1.807, 2.05) is 13.8 Å². The Morgan fingerprint density at radius 1 is 1.32 bits per heavy atom. The summed E-state index contributed by atoms with van der Waals surface area (Å²) < 4.78 is 5.48. The van der Waals surface area contributed by atoms with Gasteiger partial charge in [-0.15, -0.1) is 0 Å². The summed E-state index contributed by atoms with van der Waals surface area (Å²) in [4.78, 5) is 23.9. The van der Waals surface area contributed by atoms with E-state index in [2.05, 4.69) is 0 Å². The molecule has 0 saturated carbocycles. The Labute approximate surface area is 112 Å². The van der Waals surface area contributed by atoms with Crippen LogP contribution in [0.25, 0.3) is 0 Å². The van der Waals surface area contributed by atoms with Gasteiger partial charge in [0.15, 0.2) is 5.78 Å². The van der Waals surface area contributed by atoms with Crippen molar-refractivity contribution in [1.82, 2.24) is 0 Å². The van der Waals surface area contributed by atoms with Gasteiger partial charge in [-0.1, -0.05) is 18.1 Å². The maximum absolute atomic E-state index is 12.1. The number of aliphatic hydroxyl groups is 1. The zero-order valence-corrected chi connectivity index (χ0v) is 11.3. The second kappa shape index (κ2) is 4.04. The van der Waals surface area contributed by atoms with Gasteiger partial charge in [0, 0.05) is 17.4 Å². The molecule has 0 aromatic rings. The molecule has 102 valence electrons. The van der Waals surface area contributed by atoms with E-state index in [4.69, 9.17) is 4.74 Å². The molecule has 1 saturated heterocycles. The molecule has 0 bridgehead atoms. The normalized spacial score (nSPS) is 41.7. The van der Waals surface area contributed by atoms with Crippen molar-refractivity contribution in [2.75, 3.05) is 0 Å². The van der Waals surface area contributed by atoms with E-state index < -0.39 is 12.2 Å². The molecule has 0 aromatic carbocycles. The topological polar surface area (TPSA) is 63.6 Å². The number of hydrogen-bond acceptors (Lipinski definition) is 4. The Morgan fingerprint density at radius 2 is 2.00 bits per heavy atom. The molecule has 3 aliphatic rings. The maximum Gasteiger partial charge on any atom is 0.309 e. The molecule has 0 amide bonds. The third-order valence-electron chi connectivity index (χ3n) is 4.75. The molecule has 0 unspecified atom stereocenters. The number of carbonyl (C=O) groups is 2. The molecule has 3 rings (SSSR count). The zero-order valence-electron chi connectivity index (χ0n) is 11.3. The van der Waals surface area contributed by atoms with E-state index in [0.29, 0.717) is 6.42 Å². The number of rotatable bonds is 0. The van der Waals surface area contributed by atoms with Gasteiger partial charge in [0.05, 0.1) is 12.0 Å². The lowest BCUT2D eigenvalue weighted by atomic mass is 9.80. The van der Waals surface area contributed by atoms with E-state index in [9.17, 15) is 14.7 Å². The van der Waals surface area contributed by atoms with Crippen LogP contribution >= 0.6 is 0 Å². The molecule has 4 heteroatoms. The minimum Gasteiger partial charge on any atom is -0.461 e. The lowest BCUT2D eigenvalue weighted by molar-refractivity contribution is -0.144. The molecule has 5 atom stereocenters. The van der Waals surface area contributed by atoms with Gasteiger partial charge in [0.1, 0.15) is 6.10 Å². The molecule has 4 nitrogen and oxygen atoms in total. The van der Waals surface area contributed by atoms with Gasteiger partial charge in [-0.25, -0.2) is 0 Å². The minimum atomic E-state index is -0.620. The number of ether oxygens (including phenoxy) is 1. The standard InChI is InChI=1S/C15H18O4/c1-6-4-10(17)13-8(3)15(18)19-14(13)12-7(2)5-9(16)11(6)12/h5,8,10,12-14,17H,4H2,1-3H3/t8-,10-,12-,13-,14+/m0/s1. The highest BCUT2D eigenvalue weighted by Gasteiger charge is 2.53. The number of allylic oxidation sites excluding steroid dienone is 1. The number of esters is 1. The molecular formula is C15H18O4. The van der Waals surface area contributed by atoms with Crippen LogP contribution in [0, 0.1) is 17.8 Å². The first-order valence-corrected chi connectivity index (χ1v) is 6.72. The highest BCUT2D eigenvalue weighted by Crippen LogP contribution is 2.47. The highest BCUT2D eigenvalue weighted by atomic mass is 16.6. The van der Waals surface area contributed by atoms with Gasteiger partial charge >= 0.3 is 5.97 Å². The lowest BCUT2D eigenvalue weighted by Gasteiger charge is -2.26. The Morgan fingerprint density at radius 3 is 2.68 bits per heavy atom. The van der Waals surface area contributed by atoms with Gasteiger partial charge in [-0.05, 0) is 26.3 Å². The van der Waals surface area contributed by atoms with E-state index in [1.165, 1.54) is 0 Å². The van der Waals surface area contributed by atoms with Crippen molar-refractivity contribution in [2.45, 2.75) is 39.4 Å². The summed E-state index contributed by atoms with van der Waals surface area (Å²) >= 11 is 0. The summed E-state index contributed by atoms with van der Waals surface area (Å²) in [5.41, 5.74) is 2.59. The molecule has 1 heterocycles. The van der Waals surface area contributed by atoms with Crippen molar-refractivity contribution in [3.8, 4) is 0 Å². The third-order valence-corrected chi connectivity index (χ3v) is 4.75. The minimum absolute atomic E-state index is 0.00320. The van der Waals surface area contributed by atoms with Crippen LogP contribution in [0.1, 0.15) is 27.2 Å². The zero-order chi connectivity index (χ0) is 13.9. The fourth-order valence-electron chi connectivity index (χ4n) is 3.82. The van der Waals surface area contributed by atoms with Crippen LogP contribution in [0.3, 0.4) is 0 Å². The first kappa shape index (κ1) is 12.6. The number of aliphatic hydroxyl groups excluding tert-OH is 1. The van der Waals surface area contributed by atoms with E-state index >= 15 is 0 Å². The Hall–Kier alpha value is -1.42. The SMILES string of the molecule is CC1=CC(=O)C2=C(C)C[C@H](O)[C@H]3[C@H](OC(=O)[C@H]3C)[C@@H]12. The maximum atomic E-state index is 12.1. The molecule has 1 aliphatic heterocycles. The predicted octanol–water partition coefficient (Wildman–Crippen LogP) is 1.39. The predicted molar refractivity (Wildman–Crippen MR) is 68.1 cm³/mol. The molecule has 2 aliphatic carbocycles. The van der Waals surface area contributed by atoms with Crippen molar-refractivity contribution < 1.29 is 19.4 Å². The second-order valence-electron chi connectivity index (χ2n) is 5.96. The van der Waals surface area contributed by atoms with Crippen LogP contribution < -0.4 is 0 Å². The Kier molecular flexibility index (Phi) is 2.68. The van der Waals surface area contributed by atoms with Crippen LogP contribution in [0.15, 0.2) is 22.8 Å². The quantitative estimate of drug-likeness (QED) is 0.670. The van der Waals surface area contributed by atoms with E-state index in [0.717, 1.165) is 16.7 Å².